The Morgan fingerprint density at radius 3 is 2.68 bits per heavy atom. The van der Waals surface area contributed by atoms with Crippen molar-refractivity contribution < 1.29 is 4.74 Å². The number of anilines is 2. The highest BCUT2D eigenvalue weighted by molar-refractivity contribution is 5.98. The molecule has 1 aliphatic heterocycles. The normalized spacial score (nSPS) is 23.8. The predicted octanol–water partition coefficient (Wildman–Crippen LogP) is 2.43. The van der Waals surface area contributed by atoms with Gasteiger partial charge in [-0.1, -0.05) is 0 Å². The number of aromatic nitrogens is 1. The third kappa shape index (κ3) is 2.24. The van der Waals surface area contributed by atoms with E-state index in [4.69, 9.17) is 10.5 Å². The van der Waals surface area contributed by atoms with E-state index in [1.807, 2.05) is 12.1 Å². The molecular formula is C15H19N3O. The lowest BCUT2D eigenvalue weighted by Gasteiger charge is -2.37. The lowest BCUT2D eigenvalue weighted by atomic mass is 10.1. The topological polar surface area (TPSA) is 51.4 Å². The van der Waals surface area contributed by atoms with Crippen LogP contribution in [0.1, 0.15) is 13.8 Å². The Hall–Kier alpha value is -1.81. The number of hydrogen-bond acceptors (Lipinski definition) is 4. The van der Waals surface area contributed by atoms with Gasteiger partial charge < -0.3 is 15.4 Å². The molecule has 1 aromatic carbocycles. The van der Waals surface area contributed by atoms with Gasteiger partial charge in [-0.3, -0.25) is 4.98 Å². The number of hydrogen-bond donors (Lipinski definition) is 1. The third-order valence-electron chi connectivity index (χ3n) is 3.54. The molecular weight excluding hydrogens is 238 g/mol. The maximum absolute atomic E-state index is 6.00. The van der Waals surface area contributed by atoms with Gasteiger partial charge in [0.1, 0.15) is 0 Å². The summed E-state index contributed by atoms with van der Waals surface area (Å²) < 4.78 is 5.79. The van der Waals surface area contributed by atoms with Crippen LogP contribution in [0.25, 0.3) is 10.9 Å². The first-order valence-corrected chi connectivity index (χ1v) is 6.69. The molecule has 0 unspecified atom stereocenters. The zero-order valence-electron chi connectivity index (χ0n) is 11.3. The van der Waals surface area contributed by atoms with Crippen molar-refractivity contribution in [1.29, 1.82) is 0 Å². The molecule has 2 atom stereocenters. The summed E-state index contributed by atoms with van der Waals surface area (Å²) >= 11 is 0. The van der Waals surface area contributed by atoms with E-state index in [1.165, 1.54) is 5.69 Å². The summed E-state index contributed by atoms with van der Waals surface area (Å²) in [6, 6.07) is 8.07. The standard InChI is InChI=1S/C15H19N3O/c1-10-8-18(9-11(2)19-10)14-6-5-13(16)15-12(14)4-3-7-17-15/h3-7,10-11H,8-9,16H2,1-2H3/t10-,11+. The maximum atomic E-state index is 6.00. The van der Waals surface area contributed by atoms with Gasteiger partial charge in [-0.05, 0) is 38.1 Å². The second-order valence-electron chi connectivity index (χ2n) is 5.24. The second-order valence-corrected chi connectivity index (χ2v) is 5.24. The van der Waals surface area contributed by atoms with Gasteiger partial charge in [0.15, 0.2) is 0 Å². The molecule has 0 spiro atoms. The minimum atomic E-state index is 0.244. The molecule has 0 saturated carbocycles. The molecule has 1 aromatic heterocycles. The number of fused-ring (bicyclic) bond motifs is 1. The first-order valence-electron chi connectivity index (χ1n) is 6.69. The highest BCUT2D eigenvalue weighted by Gasteiger charge is 2.23. The smallest absolute Gasteiger partial charge is 0.0951 e. The van der Waals surface area contributed by atoms with E-state index >= 15 is 0 Å². The van der Waals surface area contributed by atoms with Crippen LogP contribution in [0.15, 0.2) is 30.5 Å². The van der Waals surface area contributed by atoms with E-state index in [0.717, 1.165) is 29.7 Å². The van der Waals surface area contributed by atoms with E-state index in [0.29, 0.717) is 0 Å². The fourth-order valence-electron chi connectivity index (χ4n) is 2.83. The van der Waals surface area contributed by atoms with Gasteiger partial charge in [0.05, 0.1) is 23.4 Å². The molecule has 0 amide bonds. The van der Waals surface area contributed by atoms with Crippen LogP contribution in [0.4, 0.5) is 11.4 Å². The average molecular weight is 257 g/mol. The number of nitrogens with two attached hydrogens (primary N) is 1. The largest absolute Gasteiger partial charge is 0.397 e. The summed E-state index contributed by atoms with van der Waals surface area (Å²) in [5.41, 5.74) is 8.81. The van der Waals surface area contributed by atoms with E-state index in [-0.39, 0.29) is 12.2 Å². The number of morpholine rings is 1. The molecule has 1 aliphatic rings. The second kappa shape index (κ2) is 4.70. The molecule has 3 rings (SSSR count). The van der Waals surface area contributed by atoms with Gasteiger partial charge in [0.25, 0.3) is 0 Å². The average Bonchev–Trinajstić information content (AvgIpc) is 2.38. The van der Waals surface area contributed by atoms with Crippen LogP contribution in [0.2, 0.25) is 0 Å². The fraction of sp³-hybridized carbons (Fsp3) is 0.400. The minimum Gasteiger partial charge on any atom is -0.397 e. The molecule has 19 heavy (non-hydrogen) atoms. The Labute approximate surface area is 113 Å². The Bertz CT molecular complexity index is 589. The van der Waals surface area contributed by atoms with Crippen LogP contribution in [-0.2, 0) is 4.74 Å². The molecule has 1 saturated heterocycles. The van der Waals surface area contributed by atoms with Crippen LogP contribution in [-0.4, -0.2) is 30.3 Å². The lowest BCUT2D eigenvalue weighted by molar-refractivity contribution is -0.00513. The zero-order valence-corrected chi connectivity index (χ0v) is 11.3. The Balaban J connectivity index is 2.07. The minimum absolute atomic E-state index is 0.244. The van der Waals surface area contributed by atoms with Crippen LogP contribution in [0.3, 0.4) is 0 Å². The molecule has 2 N–H and O–H groups in total. The van der Waals surface area contributed by atoms with Crippen molar-refractivity contribution in [3.63, 3.8) is 0 Å². The maximum Gasteiger partial charge on any atom is 0.0951 e. The van der Waals surface area contributed by atoms with Crippen molar-refractivity contribution in [3.05, 3.63) is 30.5 Å². The van der Waals surface area contributed by atoms with Gasteiger partial charge in [-0.15, -0.1) is 0 Å². The van der Waals surface area contributed by atoms with Gasteiger partial charge in [-0.2, -0.15) is 0 Å². The molecule has 100 valence electrons. The number of nitrogens with zero attached hydrogens (tertiary/aromatic N) is 2. The fourth-order valence-corrected chi connectivity index (χ4v) is 2.83. The zero-order chi connectivity index (χ0) is 13.4. The number of ether oxygens (including phenoxy) is 1. The Morgan fingerprint density at radius 1 is 1.21 bits per heavy atom. The molecule has 0 radical (unpaired) electrons. The van der Waals surface area contributed by atoms with Gasteiger partial charge >= 0.3 is 0 Å². The highest BCUT2D eigenvalue weighted by Crippen LogP contribution is 2.31. The van der Waals surface area contributed by atoms with Gasteiger partial charge in [-0.25, -0.2) is 0 Å². The van der Waals surface area contributed by atoms with E-state index in [2.05, 4.69) is 35.9 Å². The number of nitrogen functional groups attached to an aromatic ring is 1. The van der Waals surface area contributed by atoms with Crippen molar-refractivity contribution in [2.45, 2.75) is 26.1 Å². The van der Waals surface area contributed by atoms with Crippen LogP contribution < -0.4 is 10.6 Å². The molecule has 0 bridgehead atoms. The molecule has 2 heterocycles. The van der Waals surface area contributed by atoms with Crippen molar-refractivity contribution >= 4 is 22.3 Å². The summed E-state index contributed by atoms with van der Waals surface area (Å²) in [4.78, 5) is 6.75. The molecule has 4 nitrogen and oxygen atoms in total. The monoisotopic (exact) mass is 257 g/mol. The molecule has 2 aromatic rings. The van der Waals surface area contributed by atoms with Crippen LogP contribution >= 0.6 is 0 Å². The SMILES string of the molecule is C[C@@H]1CN(c2ccc(N)c3ncccc23)C[C@H](C)O1. The number of pyridine rings is 1. The Kier molecular flexibility index (Phi) is 3.03. The highest BCUT2D eigenvalue weighted by atomic mass is 16.5. The summed E-state index contributed by atoms with van der Waals surface area (Å²) in [7, 11) is 0. The van der Waals surface area contributed by atoms with Crippen molar-refractivity contribution in [2.24, 2.45) is 0 Å². The quantitative estimate of drug-likeness (QED) is 0.797. The van der Waals surface area contributed by atoms with Crippen molar-refractivity contribution in [3.8, 4) is 0 Å². The third-order valence-corrected chi connectivity index (χ3v) is 3.54. The molecule has 0 aliphatic carbocycles. The van der Waals surface area contributed by atoms with Crippen LogP contribution in [0, 0.1) is 0 Å². The number of benzene rings is 1. The molecule has 4 heteroatoms. The van der Waals surface area contributed by atoms with E-state index < -0.39 is 0 Å². The van der Waals surface area contributed by atoms with Gasteiger partial charge in [0, 0.05) is 30.4 Å². The summed E-state index contributed by atoms with van der Waals surface area (Å²) in [6.45, 7) is 6.03. The predicted molar refractivity (Wildman–Crippen MR) is 78.4 cm³/mol. The van der Waals surface area contributed by atoms with E-state index in [1.54, 1.807) is 6.20 Å². The summed E-state index contributed by atoms with van der Waals surface area (Å²) in [6.07, 6.45) is 2.27. The lowest BCUT2D eigenvalue weighted by Crippen LogP contribution is -2.45. The first kappa shape index (κ1) is 12.2. The summed E-state index contributed by atoms with van der Waals surface area (Å²) in [5, 5.41) is 1.11. The van der Waals surface area contributed by atoms with E-state index in [9.17, 15) is 0 Å². The number of rotatable bonds is 1. The Morgan fingerprint density at radius 2 is 1.95 bits per heavy atom. The first-order chi connectivity index (χ1) is 9.15. The van der Waals surface area contributed by atoms with Crippen molar-refractivity contribution in [2.75, 3.05) is 23.7 Å². The summed E-state index contributed by atoms with van der Waals surface area (Å²) in [5.74, 6) is 0. The van der Waals surface area contributed by atoms with Crippen molar-refractivity contribution in [1.82, 2.24) is 4.98 Å². The molecule has 1 fully saturated rings. The van der Waals surface area contributed by atoms with Gasteiger partial charge in [0.2, 0.25) is 0 Å². The van der Waals surface area contributed by atoms with Crippen LogP contribution in [0.5, 0.6) is 0 Å².